The van der Waals surface area contributed by atoms with Crippen LogP contribution in [0.25, 0.3) is 0 Å². The van der Waals surface area contributed by atoms with Crippen LogP contribution in [0.3, 0.4) is 0 Å². The number of hydrogen-bond donors (Lipinski definition) is 0. The third-order valence-corrected chi connectivity index (χ3v) is 3.22. The highest BCUT2D eigenvalue weighted by Crippen LogP contribution is 2.11. The lowest BCUT2D eigenvalue weighted by atomic mass is 10.3. The summed E-state index contributed by atoms with van der Waals surface area (Å²) in [6.45, 7) is 4.01. The van der Waals surface area contributed by atoms with E-state index in [4.69, 9.17) is 5.26 Å². The van der Waals surface area contributed by atoms with E-state index in [0.717, 1.165) is 0 Å². The topological polar surface area (TPSA) is 59.7 Å². The van der Waals surface area contributed by atoms with E-state index in [1.807, 2.05) is 19.9 Å². The summed E-state index contributed by atoms with van der Waals surface area (Å²) in [5.74, 6) is 0.949. The molecule has 1 aromatic rings. The minimum absolute atomic E-state index is 0.319. The van der Waals surface area contributed by atoms with Gasteiger partial charge in [0.05, 0.1) is 0 Å². The third kappa shape index (κ3) is 3.02. The summed E-state index contributed by atoms with van der Waals surface area (Å²) < 4.78 is 11.7. The van der Waals surface area contributed by atoms with Gasteiger partial charge in [-0.3, -0.25) is 0 Å². The van der Waals surface area contributed by atoms with Gasteiger partial charge in [-0.2, -0.15) is 10.2 Å². The van der Waals surface area contributed by atoms with Crippen LogP contribution in [0.1, 0.15) is 19.5 Å². The molecule has 0 aliphatic carbocycles. The SMILES string of the molecule is CC(C)C[S+]([O-])c1cccc(C#N)n1. The normalized spacial score (nSPS) is 12.5. The van der Waals surface area contributed by atoms with Crippen LogP contribution in [-0.4, -0.2) is 15.3 Å². The Hall–Kier alpha value is -1.05. The summed E-state index contributed by atoms with van der Waals surface area (Å²) in [4.78, 5) is 3.98. The van der Waals surface area contributed by atoms with Crippen LogP contribution in [0, 0.1) is 17.2 Å². The molecule has 74 valence electrons. The van der Waals surface area contributed by atoms with Gasteiger partial charge in [0, 0.05) is 17.2 Å². The molecule has 0 radical (unpaired) electrons. The average Bonchev–Trinajstić information content (AvgIpc) is 2.17. The summed E-state index contributed by atoms with van der Waals surface area (Å²) in [6, 6.07) is 6.94. The van der Waals surface area contributed by atoms with E-state index in [1.54, 1.807) is 18.2 Å². The van der Waals surface area contributed by atoms with Gasteiger partial charge in [0.2, 0.25) is 5.03 Å². The molecule has 0 saturated heterocycles. The van der Waals surface area contributed by atoms with Crippen molar-refractivity contribution in [3.63, 3.8) is 0 Å². The van der Waals surface area contributed by atoms with E-state index in [1.165, 1.54) is 0 Å². The smallest absolute Gasteiger partial charge is 0.245 e. The lowest BCUT2D eigenvalue weighted by Gasteiger charge is -2.10. The zero-order valence-electron chi connectivity index (χ0n) is 8.23. The quantitative estimate of drug-likeness (QED) is 0.710. The van der Waals surface area contributed by atoms with Gasteiger partial charge in [0.25, 0.3) is 0 Å². The van der Waals surface area contributed by atoms with Crippen molar-refractivity contribution in [2.75, 3.05) is 5.75 Å². The molecule has 0 bridgehead atoms. The number of nitriles is 1. The van der Waals surface area contributed by atoms with Crippen LogP contribution in [0.15, 0.2) is 23.2 Å². The Morgan fingerprint density at radius 1 is 1.57 bits per heavy atom. The van der Waals surface area contributed by atoms with Gasteiger partial charge in [-0.1, -0.05) is 19.9 Å². The fourth-order valence-corrected chi connectivity index (χ4v) is 2.20. The van der Waals surface area contributed by atoms with Crippen LogP contribution in [0.5, 0.6) is 0 Å². The second kappa shape index (κ2) is 4.99. The molecule has 0 aliphatic rings. The predicted molar refractivity (Wildman–Crippen MR) is 55.1 cm³/mol. The maximum absolute atomic E-state index is 11.7. The molecule has 1 heterocycles. The van der Waals surface area contributed by atoms with E-state index >= 15 is 0 Å². The van der Waals surface area contributed by atoms with E-state index in [9.17, 15) is 4.55 Å². The summed E-state index contributed by atoms with van der Waals surface area (Å²) in [5.41, 5.74) is 0.319. The molecule has 1 unspecified atom stereocenters. The fraction of sp³-hybridized carbons (Fsp3) is 0.400. The molecule has 0 spiro atoms. The zero-order valence-corrected chi connectivity index (χ0v) is 9.04. The van der Waals surface area contributed by atoms with Crippen molar-refractivity contribution in [2.24, 2.45) is 5.92 Å². The van der Waals surface area contributed by atoms with Gasteiger partial charge in [-0.05, 0) is 12.0 Å². The standard InChI is InChI=1S/C10H12N2OS/c1-8(2)7-14(13)10-5-3-4-9(6-11)12-10/h3-5,8H,7H2,1-2H3. The molecule has 1 atom stereocenters. The zero-order chi connectivity index (χ0) is 10.6. The van der Waals surface area contributed by atoms with Crippen LogP contribution >= 0.6 is 0 Å². The monoisotopic (exact) mass is 208 g/mol. The van der Waals surface area contributed by atoms with Crippen molar-refractivity contribution in [1.82, 2.24) is 4.98 Å². The summed E-state index contributed by atoms with van der Waals surface area (Å²) in [6.07, 6.45) is 0. The van der Waals surface area contributed by atoms with Gasteiger partial charge >= 0.3 is 0 Å². The number of nitrogens with zero attached hydrogens (tertiary/aromatic N) is 2. The Morgan fingerprint density at radius 3 is 2.86 bits per heavy atom. The van der Waals surface area contributed by atoms with Crippen molar-refractivity contribution in [3.05, 3.63) is 23.9 Å². The van der Waals surface area contributed by atoms with E-state index in [-0.39, 0.29) is 0 Å². The van der Waals surface area contributed by atoms with E-state index in [0.29, 0.717) is 22.4 Å². The second-order valence-electron chi connectivity index (χ2n) is 3.38. The predicted octanol–water partition coefficient (Wildman–Crippen LogP) is 1.72. The molecule has 0 amide bonds. The van der Waals surface area contributed by atoms with Gasteiger partial charge in [-0.25, -0.2) is 0 Å². The van der Waals surface area contributed by atoms with Crippen LogP contribution in [0.2, 0.25) is 0 Å². The minimum Gasteiger partial charge on any atom is -0.610 e. The molecule has 0 saturated carbocycles. The maximum atomic E-state index is 11.7. The highest BCUT2D eigenvalue weighted by molar-refractivity contribution is 7.91. The minimum atomic E-state index is -1.09. The first-order chi connectivity index (χ1) is 6.63. The lowest BCUT2D eigenvalue weighted by Crippen LogP contribution is -2.13. The molecule has 1 aromatic heterocycles. The molecule has 0 aromatic carbocycles. The largest absolute Gasteiger partial charge is 0.610 e. The lowest BCUT2D eigenvalue weighted by molar-refractivity contribution is 0.577. The average molecular weight is 208 g/mol. The van der Waals surface area contributed by atoms with Gasteiger partial charge in [0.1, 0.15) is 17.5 Å². The molecule has 3 nitrogen and oxygen atoms in total. The number of rotatable bonds is 3. The molecule has 1 rings (SSSR count). The molecule has 0 aliphatic heterocycles. The fourth-order valence-electron chi connectivity index (χ4n) is 0.992. The molecule has 0 N–H and O–H groups in total. The van der Waals surface area contributed by atoms with Crippen LogP contribution in [0.4, 0.5) is 0 Å². The molecular weight excluding hydrogens is 196 g/mol. The molecule has 0 fully saturated rings. The van der Waals surface area contributed by atoms with Crippen molar-refractivity contribution >= 4 is 11.2 Å². The Kier molecular flexibility index (Phi) is 3.93. The van der Waals surface area contributed by atoms with Gasteiger partial charge in [0.15, 0.2) is 0 Å². The van der Waals surface area contributed by atoms with Crippen molar-refractivity contribution < 1.29 is 4.55 Å². The molecule has 14 heavy (non-hydrogen) atoms. The number of pyridine rings is 1. The summed E-state index contributed by atoms with van der Waals surface area (Å²) in [7, 11) is 0. The van der Waals surface area contributed by atoms with Crippen LogP contribution < -0.4 is 0 Å². The summed E-state index contributed by atoms with van der Waals surface area (Å²) in [5, 5.41) is 9.11. The third-order valence-electron chi connectivity index (χ3n) is 1.56. The molecular formula is C10H12N2OS. The Balaban J connectivity index is 2.80. The second-order valence-corrected chi connectivity index (χ2v) is 4.82. The first kappa shape index (κ1) is 11.0. The maximum Gasteiger partial charge on any atom is 0.245 e. The van der Waals surface area contributed by atoms with Crippen molar-refractivity contribution in [1.29, 1.82) is 5.26 Å². The number of hydrogen-bond acceptors (Lipinski definition) is 3. The van der Waals surface area contributed by atoms with Crippen molar-refractivity contribution in [2.45, 2.75) is 18.9 Å². The van der Waals surface area contributed by atoms with Gasteiger partial charge < -0.3 is 4.55 Å². The highest BCUT2D eigenvalue weighted by atomic mass is 32.2. The van der Waals surface area contributed by atoms with Gasteiger partial charge in [-0.15, -0.1) is 0 Å². The molecule has 4 heteroatoms. The first-order valence-electron chi connectivity index (χ1n) is 4.39. The Bertz CT molecular complexity index is 346. The highest BCUT2D eigenvalue weighted by Gasteiger charge is 2.14. The van der Waals surface area contributed by atoms with Crippen molar-refractivity contribution in [3.8, 4) is 6.07 Å². The Labute approximate surface area is 87.0 Å². The summed E-state index contributed by atoms with van der Waals surface area (Å²) >= 11 is -1.09. The Morgan fingerprint density at radius 2 is 2.29 bits per heavy atom. The number of aromatic nitrogens is 1. The van der Waals surface area contributed by atoms with E-state index < -0.39 is 11.2 Å². The van der Waals surface area contributed by atoms with E-state index in [2.05, 4.69) is 4.98 Å². The van der Waals surface area contributed by atoms with Crippen LogP contribution in [-0.2, 0) is 11.2 Å². The first-order valence-corrected chi connectivity index (χ1v) is 5.71.